The molecule has 0 spiro atoms. The third-order valence-corrected chi connectivity index (χ3v) is 4.75. The second-order valence-corrected chi connectivity index (χ2v) is 7.23. The van der Waals surface area contributed by atoms with E-state index < -0.39 is 0 Å². The van der Waals surface area contributed by atoms with E-state index in [9.17, 15) is 9.18 Å². The zero-order valence-electron chi connectivity index (χ0n) is 16.0. The van der Waals surface area contributed by atoms with Gasteiger partial charge in [0.25, 0.3) is 0 Å². The van der Waals surface area contributed by atoms with Crippen LogP contribution in [-0.2, 0) is 17.9 Å². The zero-order valence-corrected chi connectivity index (χ0v) is 16.0. The molecule has 1 atom stereocenters. The van der Waals surface area contributed by atoms with Gasteiger partial charge in [0, 0.05) is 24.6 Å². The number of nitrogens with one attached hydrogen (secondary N) is 1. The van der Waals surface area contributed by atoms with Crippen molar-refractivity contribution in [1.82, 2.24) is 20.0 Å². The molecule has 0 saturated heterocycles. The van der Waals surface area contributed by atoms with Crippen LogP contribution in [0.15, 0.2) is 42.5 Å². The average Bonchev–Trinajstić information content (AvgIpc) is 3.04. The average molecular weight is 370 g/mol. The molecule has 27 heavy (non-hydrogen) atoms. The number of hydrogen-bond acceptors (Lipinski definition) is 3. The third kappa shape index (κ3) is 5.04. The molecule has 0 fully saturated rings. The van der Waals surface area contributed by atoms with Crippen molar-refractivity contribution in [2.75, 3.05) is 20.6 Å². The molecular formula is C21H27FN4O. The van der Waals surface area contributed by atoms with E-state index in [1.54, 1.807) is 12.1 Å². The Bertz CT molecular complexity index is 812. The SMILES string of the molecule is CN(C)Cc1cc(-c2ccccc2F)nn1CCNC(=O)[C@@H]1CC=CCC1. The lowest BCUT2D eigenvalue weighted by molar-refractivity contribution is -0.125. The fourth-order valence-electron chi connectivity index (χ4n) is 3.36. The first-order valence-corrected chi connectivity index (χ1v) is 9.43. The van der Waals surface area contributed by atoms with Gasteiger partial charge in [-0.3, -0.25) is 9.48 Å². The summed E-state index contributed by atoms with van der Waals surface area (Å²) in [7, 11) is 3.97. The summed E-state index contributed by atoms with van der Waals surface area (Å²) >= 11 is 0. The number of aromatic nitrogens is 2. The van der Waals surface area contributed by atoms with E-state index in [1.807, 2.05) is 35.8 Å². The Labute approximate surface area is 159 Å². The summed E-state index contributed by atoms with van der Waals surface area (Å²) in [4.78, 5) is 14.3. The Kier molecular flexibility index (Phi) is 6.40. The first-order chi connectivity index (χ1) is 13.0. The standard InChI is InChI=1S/C21H27FN4O/c1-25(2)15-17-14-20(18-10-6-7-11-19(18)22)24-26(17)13-12-23-21(27)16-8-4-3-5-9-16/h3-4,6-7,10-11,14,16H,5,8-9,12-13,15H2,1-2H3,(H,23,27)/t16-/m1/s1. The summed E-state index contributed by atoms with van der Waals surface area (Å²) in [6.07, 6.45) is 6.91. The molecule has 6 heteroatoms. The van der Waals surface area contributed by atoms with Crippen LogP contribution in [0.1, 0.15) is 25.0 Å². The minimum atomic E-state index is -0.280. The number of nitrogens with zero attached hydrogens (tertiary/aromatic N) is 3. The maximum absolute atomic E-state index is 14.1. The topological polar surface area (TPSA) is 50.2 Å². The van der Waals surface area contributed by atoms with E-state index in [0.717, 1.165) is 25.0 Å². The number of rotatable bonds is 7. The number of carbonyl (C=O) groups excluding carboxylic acids is 1. The van der Waals surface area contributed by atoms with Gasteiger partial charge in [-0.2, -0.15) is 5.10 Å². The van der Waals surface area contributed by atoms with Crippen LogP contribution in [0.25, 0.3) is 11.3 Å². The lowest BCUT2D eigenvalue weighted by Crippen LogP contribution is -2.34. The van der Waals surface area contributed by atoms with Crippen molar-refractivity contribution in [3.05, 3.63) is 54.0 Å². The maximum Gasteiger partial charge on any atom is 0.223 e. The van der Waals surface area contributed by atoms with Crippen LogP contribution in [0.3, 0.4) is 0 Å². The third-order valence-electron chi connectivity index (χ3n) is 4.75. The molecular weight excluding hydrogens is 343 g/mol. The number of halogens is 1. The van der Waals surface area contributed by atoms with Gasteiger partial charge in [-0.1, -0.05) is 24.3 Å². The predicted molar refractivity (Wildman–Crippen MR) is 105 cm³/mol. The highest BCUT2D eigenvalue weighted by atomic mass is 19.1. The first-order valence-electron chi connectivity index (χ1n) is 9.43. The quantitative estimate of drug-likeness (QED) is 0.762. The summed E-state index contributed by atoms with van der Waals surface area (Å²) in [5, 5.41) is 7.61. The molecule has 0 radical (unpaired) electrons. The molecule has 2 aromatic rings. The molecule has 5 nitrogen and oxygen atoms in total. The van der Waals surface area contributed by atoms with Gasteiger partial charge in [0.1, 0.15) is 5.82 Å². The summed E-state index contributed by atoms with van der Waals surface area (Å²) in [6, 6.07) is 8.58. The van der Waals surface area contributed by atoms with E-state index in [2.05, 4.69) is 22.6 Å². The van der Waals surface area contributed by atoms with Gasteiger partial charge in [-0.05, 0) is 51.6 Å². The highest BCUT2D eigenvalue weighted by Gasteiger charge is 2.18. The Balaban J connectivity index is 1.69. The molecule has 1 aromatic carbocycles. The Morgan fingerprint density at radius 1 is 1.33 bits per heavy atom. The lowest BCUT2D eigenvalue weighted by Gasteiger charge is -2.17. The van der Waals surface area contributed by atoms with Crippen molar-refractivity contribution in [1.29, 1.82) is 0 Å². The minimum Gasteiger partial charge on any atom is -0.354 e. The van der Waals surface area contributed by atoms with E-state index in [1.165, 1.54) is 6.07 Å². The summed E-state index contributed by atoms with van der Waals surface area (Å²) < 4.78 is 16.0. The van der Waals surface area contributed by atoms with Crippen molar-refractivity contribution in [2.45, 2.75) is 32.4 Å². The smallest absolute Gasteiger partial charge is 0.223 e. The molecule has 1 N–H and O–H groups in total. The molecule has 1 heterocycles. The highest BCUT2D eigenvalue weighted by Crippen LogP contribution is 2.23. The molecule has 1 aliphatic rings. The number of allylic oxidation sites excluding steroid dienone is 2. The molecule has 1 aromatic heterocycles. The van der Waals surface area contributed by atoms with Crippen LogP contribution in [0.5, 0.6) is 0 Å². The molecule has 3 rings (SSSR count). The Hall–Kier alpha value is -2.47. The largest absolute Gasteiger partial charge is 0.354 e. The monoisotopic (exact) mass is 370 g/mol. The second-order valence-electron chi connectivity index (χ2n) is 7.23. The normalized spacial score (nSPS) is 16.7. The number of carbonyl (C=O) groups is 1. The van der Waals surface area contributed by atoms with Gasteiger partial charge >= 0.3 is 0 Å². The fraction of sp³-hybridized carbons (Fsp3) is 0.429. The highest BCUT2D eigenvalue weighted by molar-refractivity contribution is 5.78. The molecule has 1 amide bonds. The number of benzene rings is 1. The van der Waals surface area contributed by atoms with E-state index in [0.29, 0.717) is 30.9 Å². The van der Waals surface area contributed by atoms with Gasteiger partial charge in [-0.25, -0.2) is 4.39 Å². The van der Waals surface area contributed by atoms with Crippen LogP contribution in [0.4, 0.5) is 4.39 Å². The van der Waals surface area contributed by atoms with Gasteiger partial charge in [0.15, 0.2) is 0 Å². The molecule has 0 unspecified atom stereocenters. The van der Waals surface area contributed by atoms with Gasteiger partial charge in [0.2, 0.25) is 5.91 Å². The zero-order chi connectivity index (χ0) is 19.2. The van der Waals surface area contributed by atoms with E-state index in [-0.39, 0.29) is 17.6 Å². The molecule has 144 valence electrons. The summed E-state index contributed by atoms with van der Waals surface area (Å²) in [6.45, 7) is 1.77. The maximum atomic E-state index is 14.1. The predicted octanol–water partition coefficient (Wildman–Crippen LogP) is 3.22. The summed E-state index contributed by atoms with van der Waals surface area (Å²) in [5.74, 6) is -0.102. The fourth-order valence-corrected chi connectivity index (χ4v) is 3.36. The van der Waals surface area contributed by atoms with Crippen LogP contribution >= 0.6 is 0 Å². The van der Waals surface area contributed by atoms with E-state index >= 15 is 0 Å². The van der Waals surface area contributed by atoms with Gasteiger partial charge in [-0.15, -0.1) is 0 Å². The molecule has 0 saturated carbocycles. The van der Waals surface area contributed by atoms with Crippen LogP contribution in [0, 0.1) is 11.7 Å². The minimum absolute atomic E-state index is 0.0721. The second kappa shape index (κ2) is 8.95. The number of hydrogen-bond donors (Lipinski definition) is 1. The van der Waals surface area contributed by atoms with Gasteiger partial charge < -0.3 is 10.2 Å². The molecule has 0 aliphatic heterocycles. The van der Waals surface area contributed by atoms with Crippen molar-refractivity contribution in [3.8, 4) is 11.3 Å². The lowest BCUT2D eigenvalue weighted by atomic mass is 9.94. The van der Waals surface area contributed by atoms with Crippen LogP contribution < -0.4 is 5.32 Å². The first kappa shape index (κ1) is 19.3. The Morgan fingerprint density at radius 3 is 2.85 bits per heavy atom. The van der Waals surface area contributed by atoms with Crippen LogP contribution in [-0.4, -0.2) is 41.2 Å². The summed E-state index contributed by atoms with van der Waals surface area (Å²) in [5.41, 5.74) is 2.11. The molecule has 0 bridgehead atoms. The van der Waals surface area contributed by atoms with Crippen molar-refractivity contribution >= 4 is 5.91 Å². The van der Waals surface area contributed by atoms with E-state index in [4.69, 9.17) is 0 Å². The van der Waals surface area contributed by atoms with Crippen molar-refractivity contribution in [3.63, 3.8) is 0 Å². The molecule has 1 aliphatic carbocycles. The van der Waals surface area contributed by atoms with Gasteiger partial charge in [0.05, 0.1) is 17.9 Å². The Morgan fingerprint density at radius 2 is 2.15 bits per heavy atom. The van der Waals surface area contributed by atoms with Crippen molar-refractivity contribution in [2.24, 2.45) is 5.92 Å². The number of amides is 1. The van der Waals surface area contributed by atoms with Crippen molar-refractivity contribution < 1.29 is 9.18 Å². The van der Waals surface area contributed by atoms with Crippen LogP contribution in [0.2, 0.25) is 0 Å².